The average molecular weight is 535 g/mol. The predicted octanol–water partition coefficient (Wildman–Crippen LogP) is 3.49. The molecule has 0 saturated carbocycles. The summed E-state index contributed by atoms with van der Waals surface area (Å²) in [7, 11) is -5.30. The maximum atomic E-state index is 13.3. The monoisotopic (exact) mass is 534 g/mol. The number of hydrogen-bond donors (Lipinski definition) is 2. The Morgan fingerprint density at radius 1 is 0.889 bits per heavy atom. The summed E-state index contributed by atoms with van der Waals surface area (Å²) in [4.78, 5) is 12.7. The molecule has 0 aliphatic heterocycles. The number of halogens is 1. The van der Waals surface area contributed by atoms with Gasteiger partial charge in [0.2, 0.25) is 5.91 Å². The van der Waals surface area contributed by atoms with Crippen LogP contribution in [0, 0.1) is 19.7 Å². The molecule has 0 bridgehead atoms. The summed E-state index contributed by atoms with van der Waals surface area (Å²) in [6.07, 6.45) is 0. The van der Waals surface area contributed by atoms with E-state index in [0.717, 1.165) is 31.9 Å². The highest BCUT2D eigenvalue weighted by molar-refractivity contribution is 7.92. The molecule has 0 aromatic heterocycles. The molecule has 12 heteroatoms. The lowest BCUT2D eigenvalue weighted by Gasteiger charge is -2.26. The van der Waals surface area contributed by atoms with Crippen molar-refractivity contribution in [1.29, 1.82) is 0 Å². The van der Waals surface area contributed by atoms with E-state index in [-0.39, 0.29) is 16.3 Å². The van der Waals surface area contributed by atoms with Crippen LogP contribution in [0.1, 0.15) is 11.1 Å². The minimum Gasteiger partial charge on any atom is -0.325 e. The molecule has 3 aromatic carbocycles. The number of nitrogens with zero attached hydrogens (tertiary/aromatic N) is 2. The molecule has 0 fully saturated rings. The van der Waals surface area contributed by atoms with Crippen LogP contribution in [0.5, 0.6) is 0 Å². The summed E-state index contributed by atoms with van der Waals surface area (Å²) in [5, 5.41) is 2.56. The van der Waals surface area contributed by atoms with Crippen molar-refractivity contribution in [3.8, 4) is 0 Å². The zero-order valence-corrected chi connectivity index (χ0v) is 21.8. The van der Waals surface area contributed by atoms with Crippen molar-refractivity contribution in [2.24, 2.45) is 0 Å². The van der Waals surface area contributed by atoms with Crippen LogP contribution < -0.4 is 14.3 Å². The number of benzene rings is 3. The SMILES string of the molecule is Cc1ccc(NS(=O)(=O)c2ccc(NC(=O)CN(c3ccc(F)cc3)S(=O)(=O)N(C)C)cc2)c(C)c1. The summed E-state index contributed by atoms with van der Waals surface area (Å²) < 4.78 is 68.7. The van der Waals surface area contributed by atoms with E-state index in [1.54, 1.807) is 19.1 Å². The van der Waals surface area contributed by atoms with E-state index >= 15 is 0 Å². The summed E-state index contributed by atoms with van der Waals surface area (Å²) in [6.45, 7) is 3.13. The van der Waals surface area contributed by atoms with Crippen molar-refractivity contribution in [3.63, 3.8) is 0 Å². The zero-order valence-electron chi connectivity index (χ0n) is 20.2. The molecular weight excluding hydrogens is 507 g/mol. The number of rotatable bonds is 9. The maximum Gasteiger partial charge on any atom is 0.304 e. The zero-order chi connectivity index (χ0) is 26.7. The lowest BCUT2D eigenvalue weighted by molar-refractivity contribution is -0.114. The molecule has 0 spiro atoms. The van der Waals surface area contributed by atoms with Crippen LogP contribution in [0.2, 0.25) is 0 Å². The Morgan fingerprint density at radius 2 is 1.50 bits per heavy atom. The van der Waals surface area contributed by atoms with E-state index < -0.39 is 38.5 Å². The first-order valence-corrected chi connectivity index (χ1v) is 13.6. The van der Waals surface area contributed by atoms with E-state index in [9.17, 15) is 26.0 Å². The van der Waals surface area contributed by atoms with Gasteiger partial charge in [-0.15, -0.1) is 0 Å². The van der Waals surface area contributed by atoms with Gasteiger partial charge in [0.1, 0.15) is 12.4 Å². The Hall–Kier alpha value is -3.48. The largest absolute Gasteiger partial charge is 0.325 e. The van der Waals surface area contributed by atoms with Crippen LogP contribution in [0.4, 0.5) is 21.5 Å². The van der Waals surface area contributed by atoms with Crippen molar-refractivity contribution in [3.05, 3.63) is 83.7 Å². The number of sulfonamides is 1. The molecule has 2 N–H and O–H groups in total. The third kappa shape index (κ3) is 6.39. The summed E-state index contributed by atoms with van der Waals surface area (Å²) in [5.41, 5.74) is 2.62. The van der Waals surface area contributed by atoms with Gasteiger partial charge < -0.3 is 5.32 Å². The number of anilines is 3. The fourth-order valence-electron chi connectivity index (χ4n) is 3.29. The molecule has 192 valence electrons. The Bertz CT molecular complexity index is 1460. The van der Waals surface area contributed by atoms with Crippen LogP contribution in [0.25, 0.3) is 0 Å². The van der Waals surface area contributed by atoms with Gasteiger partial charge >= 0.3 is 10.2 Å². The lowest BCUT2D eigenvalue weighted by atomic mass is 10.1. The van der Waals surface area contributed by atoms with Crippen LogP contribution >= 0.6 is 0 Å². The number of carbonyl (C=O) groups is 1. The summed E-state index contributed by atoms with van der Waals surface area (Å²) in [6, 6.07) is 15.5. The second kappa shape index (κ2) is 10.6. The Labute approximate surface area is 210 Å². The first-order chi connectivity index (χ1) is 16.8. The van der Waals surface area contributed by atoms with Gasteiger partial charge in [-0.3, -0.25) is 9.52 Å². The first-order valence-electron chi connectivity index (χ1n) is 10.8. The molecule has 3 aromatic rings. The topological polar surface area (TPSA) is 116 Å². The van der Waals surface area contributed by atoms with Gasteiger partial charge in [0, 0.05) is 19.8 Å². The molecule has 0 unspecified atom stereocenters. The first kappa shape index (κ1) is 27.1. The van der Waals surface area contributed by atoms with Gasteiger partial charge in [0.15, 0.2) is 0 Å². The highest BCUT2D eigenvalue weighted by atomic mass is 32.2. The Balaban J connectivity index is 1.75. The molecule has 0 radical (unpaired) electrons. The fraction of sp³-hybridized carbons (Fsp3) is 0.208. The quantitative estimate of drug-likeness (QED) is 0.436. The van der Waals surface area contributed by atoms with Gasteiger partial charge in [-0.1, -0.05) is 17.7 Å². The molecule has 0 heterocycles. The van der Waals surface area contributed by atoms with Crippen LogP contribution in [-0.2, 0) is 25.0 Å². The van der Waals surface area contributed by atoms with Crippen molar-refractivity contribution in [2.45, 2.75) is 18.7 Å². The van der Waals surface area contributed by atoms with Gasteiger partial charge in [0.05, 0.1) is 16.3 Å². The molecule has 36 heavy (non-hydrogen) atoms. The summed E-state index contributed by atoms with van der Waals surface area (Å²) in [5.74, 6) is -1.22. The van der Waals surface area contributed by atoms with Crippen LogP contribution in [-0.4, -0.2) is 47.7 Å². The van der Waals surface area contributed by atoms with E-state index in [2.05, 4.69) is 10.0 Å². The molecule has 1 amide bonds. The number of aryl methyl sites for hydroxylation is 2. The standard InChI is InChI=1S/C24H27FN4O5S2/c1-17-5-14-23(18(2)15-17)27-35(31,32)22-12-8-20(9-13-22)26-24(30)16-29(36(33,34)28(3)4)21-10-6-19(25)7-11-21/h5-15,27H,16H2,1-4H3,(H,26,30). The smallest absolute Gasteiger partial charge is 0.304 e. The number of nitrogens with one attached hydrogen (secondary N) is 2. The van der Waals surface area contributed by atoms with Crippen molar-refractivity contribution >= 4 is 43.2 Å². The van der Waals surface area contributed by atoms with E-state index in [1.165, 1.54) is 50.5 Å². The second-order valence-corrected chi connectivity index (χ2v) is 12.0. The molecular formula is C24H27FN4O5S2. The third-order valence-corrected chi connectivity index (χ3v) is 8.42. The maximum absolute atomic E-state index is 13.3. The fourth-order valence-corrected chi connectivity index (χ4v) is 5.48. The molecule has 9 nitrogen and oxygen atoms in total. The molecule has 0 aliphatic carbocycles. The van der Waals surface area contributed by atoms with Crippen molar-refractivity contribution in [2.75, 3.05) is 35.0 Å². The number of amides is 1. The molecule has 0 saturated heterocycles. The number of carbonyl (C=O) groups excluding carboxylic acids is 1. The molecule has 0 aliphatic rings. The minimum atomic E-state index is -4.06. The Morgan fingerprint density at radius 3 is 2.06 bits per heavy atom. The van der Waals surface area contributed by atoms with Crippen LogP contribution in [0.15, 0.2) is 71.6 Å². The highest BCUT2D eigenvalue weighted by Crippen LogP contribution is 2.23. The van der Waals surface area contributed by atoms with E-state index in [4.69, 9.17) is 0 Å². The lowest BCUT2D eigenvalue weighted by Crippen LogP contribution is -2.44. The normalized spacial score (nSPS) is 11.8. The highest BCUT2D eigenvalue weighted by Gasteiger charge is 2.27. The average Bonchev–Trinajstić information content (AvgIpc) is 2.80. The predicted molar refractivity (Wildman–Crippen MR) is 138 cm³/mol. The van der Waals surface area contributed by atoms with Crippen molar-refractivity contribution < 1.29 is 26.0 Å². The molecule has 0 atom stereocenters. The minimum absolute atomic E-state index is 0.0106. The Kier molecular flexibility index (Phi) is 8.02. The van der Waals surface area contributed by atoms with Crippen molar-refractivity contribution in [1.82, 2.24) is 4.31 Å². The molecule has 3 rings (SSSR count). The van der Waals surface area contributed by atoms with Crippen LogP contribution in [0.3, 0.4) is 0 Å². The van der Waals surface area contributed by atoms with Gasteiger partial charge in [0.25, 0.3) is 10.0 Å². The third-order valence-electron chi connectivity index (χ3n) is 5.22. The van der Waals surface area contributed by atoms with Gasteiger partial charge in [-0.25, -0.2) is 17.1 Å². The number of hydrogen-bond acceptors (Lipinski definition) is 5. The van der Waals surface area contributed by atoms with Gasteiger partial charge in [-0.05, 0) is 74.0 Å². The summed E-state index contributed by atoms with van der Waals surface area (Å²) >= 11 is 0. The van der Waals surface area contributed by atoms with E-state index in [1.807, 2.05) is 13.0 Å². The second-order valence-electron chi connectivity index (χ2n) is 8.27. The van der Waals surface area contributed by atoms with Gasteiger partial charge in [-0.2, -0.15) is 12.7 Å². The van der Waals surface area contributed by atoms with E-state index in [0.29, 0.717) is 5.69 Å².